The van der Waals surface area contributed by atoms with Gasteiger partial charge < -0.3 is 11.1 Å². The number of guanidine groups is 1. The van der Waals surface area contributed by atoms with E-state index in [4.69, 9.17) is 17.3 Å². The van der Waals surface area contributed by atoms with Crippen molar-refractivity contribution in [1.82, 2.24) is 9.55 Å². The number of nitrogens with one attached hydrogen (secondary N) is 2. The second-order valence-corrected chi connectivity index (χ2v) is 7.27. The number of carbonyl (C=O) groups is 1. The van der Waals surface area contributed by atoms with Gasteiger partial charge in [0.25, 0.3) is 5.91 Å². The maximum absolute atomic E-state index is 12.6. The number of halogens is 1. The molecule has 1 amide bonds. The van der Waals surface area contributed by atoms with Crippen LogP contribution in [0.4, 0.5) is 11.6 Å². The van der Waals surface area contributed by atoms with Crippen LogP contribution in [-0.2, 0) is 0 Å². The molecule has 0 saturated heterocycles. The molecule has 0 bridgehead atoms. The van der Waals surface area contributed by atoms with Gasteiger partial charge in [-0.1, -0.05) is 48.0 Å². The SMILES string of the molecule is NC1=NC(c2cccc(NC(=O)c3ccccc3Cl)c2)n2c(nc3ccccc32)N1. The monoisotopic (exact) mass is 416 g/mol. The lowest BCUT2D eigenvalue weighted by Crippen LogP contribution is -2.31. The van der Waals surface area contributed by atoms with Crippen molar-refractivity contribution in [1.29, 1.82) is 0 Å². The number of hydrogen-bond donors (Lipinski definition) is 3. The van der Waals surface area contributed by atoms with Crippen molar-refractivity contribution in [2.45, 2.75) is 6.17 Å². The summed E-state index contributed by atoms with van der Waals surface area (Å²) in [7, 11) is 0. The van der Waals surface area contributed by atoms with E-state index in [1.54, 1.807) is 24.3 Å². The van der Waals surface area contributed by atoms with Crippen molar-refractivity contribution < 1.29 is 4.79 Å². The van der Waals surface area contributed by atoms with Crippen LogP contribution >= 0.6 is 11.6 Å². The van der Waals surface area contributed by atoms with Crippen LogP contribution in [0.25, 0.3) is 11.0 Å². The molecule has 30 heavy (non-hydrogen) atoms. The second-order valence-electron chi connectivity index (χ2n) is 6.87. The quantitative estimate of drug-likeness (QED) is 0.465. The molecule has 0 radical (unpaired) electrons. The van der Waals surface area contributed by atoms with E-state index in [1.165, 1.54) is 0 Å². The Morgan fingerprint density at radius 3 is 2.73 bits per heavy atom. The lowest BCUT2D eigenvalue weighted by molar-refractivity contribution is 0.102. The van der Waals surface area contributed by atoms with E-state index in [0.29, 0.717) is 22.2 Å². The Hall–Kier alpha value is -3.84. The van der Waals surface area contributed by atoms with Gasteiger partial charge in [0, 0.05) is 5.69 Å². The smallest absolute Gasteiger partial charge is 0.257 e. The van der Waals surface area contributed by atoms with Gasteiger partial charge in [-0.3, -0.25) is 14.7 Å². The molecule has 4 N–H and O–H groups in total. The van der Waals surface area contributed by atoms with Crippen molar-refractivity contribution in [3.05, 3.63) is 88.9 Å². The maximum atomic E-state index is 12.6. The van der Waals surface area contributed by atoms with Gasteiger partial charge in [0.1, 0.15) is 0 Å². The summed E-state index contributed by atoms with van der Waals surface area (Å²) in [6, 6.07) is 22.2. The normalized spacial score (nSPS) is 15.2. The van der Waals surface area contributed by atoms with Crippen LogP contribution in [0.3, 0.4) is 0 Å². The maximum Gasteiger partial charge on any atom is 0.257 e. The van der Waals surface area contributed by atoms with Crippen LogP contribution in [0, 0.1) is 0 Å². The zero-order valence-corrected chi connectivity index (χ0v) is 16.5. The summed E-state index contributed by atoms with van der Waals surface area (Å²) in [4.78, 5) is 21.8. The van der Waals surface area contributed by atoms with Crippen LogP contribution in [0.1, 0.15) is 22.1 Å². The topological polar surface area (TPSA) is 97.3 Å². The molecular formula is C22H17ClN6O. The minimum absolute atomic E-state index is 0.278. The van der Waals surface area contributed by atoms with Crippen molar-refractivity contribution in [3.63, 3.8) is 0 Å². The highest BCUT2D eigenvalue weighted by molar-refractivity contribution is 6.34. The number of benzene rings is 3. The fourth-order valence-electron chi connectivity index (χ4n) is 3.56. The van der Waals surface area contributed by atoms with Gasteiger partial charge in [-0.25, -0.2) is 9.98 Å². The summed E-state index contributed by atoms with van der Waals surface area (Å²) in [5, 5.41) is 6.32. The highest BCUT2D eigenvalue weighted by Crippen LogP contribution is 2.33. The van der Waals surface area contributed by atoms with Crippen molar-refractivity contribution >= 4 is 46.1 Å². The molecule has 1 aliphatic heterocycles. The molecule has 0 aliphatic carbocycles. The molecular weight excluding hydrogens is 400 g/mol. The number of rotatable bonds is 3. The molecule has 0 saturated carbocycles. The van der Waals surface area contributed by atoms with E-state index < -0.39 is 6.17 Å². The third-order valence-corrected chi connectivity index (χ3v) is 5.23. The lowest BCUT2D eigenvalue weighted by atomic mass is 10.1. The van der Waals surface area contributed by atoms with E-state index in [1.807, 2.05) is 53.1 Å². The van der Waals surface area contributed by atoms with Crippen LogP contribution in [0.5, 0.6) is 0 Å². The fraction of sp³-hybridized carbons (Fsp3) is 0.0455. The van der Waals surface area contributed by atoms with Crippen LogP contribution < -0.4 is 16.4 Å². The van der Waals surface area contributed by atoms with Crippen LogP contribution in [0.2, 0.25) is 5.02 Å². The lowest BCUT2D eigenvalue weighted by Gasteiger charge is -2.24. The van der Waals surface area contributed by atoms with Gasteiger partial charge in [0.05, 0.1) is 21.6 Å². The first-order valence-corrected chi connectivity index (χ1v) is 9.71. The summed E-state index contributed by atoms with van der Waals surface area (Å²) in [6.45, 7) is 0. The van der Waals surface area contributed by atoms with Crippen LogP contribution in [-0.4, -0.2) is 21.4 Å². The number of carbonyl (C=O) groups excluding carboxylic acids is 1. The number of amides is 1. The molecule has 3 aromatic carbocycles. The summed E-state index contributed by atoms with van der Waals surface area (Å²) in [5.41, 5.74) is 9.70. The first-order chi connectivity index (χ1) is 14.6. The largest absolute Gasteiger partial charge is 0.370 e. The molecule has 1 aromatic heterocycles. The average Bonchev–Trinajstić information content (AvgIpc) is 3.11. The van der Waals surface area contributed by atoms with Gasteiger partial charge in [0.2, 0.25) is 5.95 Å². The van der Waals surface area contributed by atoms with E-state index >= 15 is 0 Å². The number of fused-ring (bicyclic) bond motifs is 3. The van der Waals surface area contributed by atoms with Crippen molar-refractivity contribution in [3.8, 4) is 0 Å². The number of para-hydroxylation sites is 2. The molecule has 0 fully saturated rings. The summed E-state index contributed by atoms with van der Waals surface area (Å²) in [5.74, 6) is 0.632. The highest BCUT2D eigenvalue weighted by Gasteiger charge is 2.25. The number of aliphatic imine (C=N–C) groups is 1. The van der Waals surface area contributed by atoms with Crippen molar-refractivity contribution in [2.24, 2.45) is 10.7 Å². The Kier molecular flexibility index (Phi) is 4.37. The summed E-state index contributed by atoms with van der Waals surface area (Å²) < 4.78 is 1.99. The number of nitrogens with zero attached hydrogens (tertiary/aromatic N) is 3. The van der Waals surface area contributed by atoms with Gasteiger partial charge in [-0.15, -0.1) is 0 Å². The fourth-order valence-corrected chi connectivity index (χ4v) is 3.78. The molecule has 7 nitrogen and oxygen atoms in total. The minimum Gasteiger partial charge on any atom is -0.370 e. The number of aromatic nitrogens is 2. The van der Waals surface area contributed by atoms with E-state index in [2.05, 4.69) is 20.6 Å². The van der Waals surface area contributed by atoms with Crippen molar-refractivity contribution in [2.75, 3.05) is 10.6 Å². The molecule has 0 spiro atoms. The number of imidazole rings is 1. The van der Waals surface area contributed by atoms with Gasteiger partial charge in [-0.05, 0) is 42.0 Å². The molecule has 8 heteroatoms. The molecule has 4 aromatic rings. The number of hydrogen-bond acceptors (Lipinski definition) is 5. The summed E-state index contributed by atoms with van der Waals surface area (Å²) >= 11 is 6.14. The molecule has 2 heterocycles. The Bertz CT molecular complexity index is 1310. The molecule has 1 unspecified atom stereocenters. The Morgan fingerprint density at radius 1 is 1.07 bits per heavy atom. The number of nitrogens with two attached hydrogens (primary N) is 1. The molecule has 1 aliphatic rings. The Balaban J connectivity index is 1.52. The molecule has 5 rings (SSSR count). The Morgan fingerprint density at radius 2 is 1.87 bits per heavy atom. The second kappa shape index (κ2) is 7.20. The van der Waals surface area contributed by atoms with Gasteiger partial charge >= 0.3 is 0 Å². The predicted octanol–water partition coefficient (Wildman–Crippen LogP) is 4.23. The first-order valence-electron chi connectivity index (χ1n) is 9.33. The van der Waals surface area contributed by atoms with E-state index in [-0.39, 0.29) is 11.9 Å². The third kappa shape index (κ3) is 3.15. The van der Waals surface area contributed by atoms with E-state index in [0.717, 1.165) is 16.6 Å². The molecule has 1 atom stereocenters. The average molecular weight is 417 g/mol. The van der Waals surface area contributed by atoms with E-state index in [9.17, 15) is 4.79 Å². The van der Waals surface area contributed by atoms with Gasteiger partial charge in [0.15, 0.2) is 12.1 Å². The zero-order chi connectivity index (χ0) is 20.7. The number of anilines is 2. The summed E-state index contributed by atoms with van der Waals surface area (Å²) in [6.07, 6.45) is -0.411. The first kappa shape index (κ1) is 18.2. The zero-order valence-electron chi connectivity index (χ0n) is 15.7. The molecule has 148 valence electrons. The minimum atomic E-state index is -0.411. The standard InChI is InChI=1S/C22H17ClN6O/c23-16-9-2-1-8-15(16)20(30)25-14-7-5-6-13(12-14)19-27-21(24)28-22-26-17-10-3-4-11-18(17)29(19)22/h1-12,19H,(H,25,30)(H3,24,26,27,28). The van der Waals surface area contributed by atoms with Gasteiger partial charge in [-0.2, -0.15) is 0 Å². The third-order valence-electron chi connectivity index (χ3n) is 4.90. The highest BCUT2D eigenvalue weighted by atomic mass is 35.5. The Labute approximate surface area is 177 Å². The van der Waals surface area contributed by atoms with Crippen LogP contribution in [0.15, 0.2) is 77.8 Å². The predicted molar refractivity (Wildman–Crippen MR) is 119 cm³/mol.